The lowest BCUT2D eigenvalue weighted by molar-refractivity contribution is 0.115. The van der Waals surface area contributed by atoms with E-state index in [-0.39, 0.29) is 6.10 Å². The zero-order valence-electron chi connectivity index (χ0n) is 7.66. The van der Waals surface area contributed by atoms with Gasteiger partial charge in [-0.1, -0.05) is 26.3 Å². The SMILES string of the molecule is CCC(C)C(O)Cc1cccs1. The molecule has 68 valence electrons. The highest BCUT2D eigenvalue weighted by Gasteiger charge is 2.12. The summed E-state index contributed by atoms with van der Waals surface area (Å²) in [5, 5.41) is 11.8. The lowest BCUT2D eigenvalue weighted by Gasteiger charge is -2.15. The molecule has 0 aliphatic carbocycles. The Morgan fingerprint density at radius 1 is 1.58 bits per heavy atom. The largest absolute Gasteiger partial charge is 0.392 e. The number of rotatable bonds is 4. The third kappa shape index (κ3) is 2.61. The zero-order valence-corrected chi connectivity index (χ0v) is 8.47. The van der Waals surface area contributed by atoms with Crippen molar-refractivity contribution in [1.82, 2.24) is 0 Å². The second kappa shape index (κ2) is 4.63. The number of hydrogen-bond acceptors (Lipinski definition) is 2. The van der Waals surface area contributed by atoms with Crippen LogP contribution in [0.1, 0.15) is 25.1 Å². The van der Waals surface area contributed by atoms with Crippen LogP contribution in [-0.2, 0) is 6.42 Å². The fourth-order valence-corrected chi connectivity index (χ4v) is 1.86. The van der Waals surface area contributed by atoms with Crippen molar-refractivity contribution >= 4 is 11.3 Å². The van der Waals surface area contributed by atoms with Crippen molar-refractivity contribution in [2.75, 3.05) is 0 Å². The summed E-state index contributed by atoms with van der Waals surface area (Å²) in [6.07, 6.45) is 1.69. The molecule has 1 aromatic rings. The van der Waals surface area contributed by atoms with Crippen LogP contribution in [0.5, 0.6) is 0 Å². The molecule has 0 saturated carbocycles. The van der Waals surface area contributed by atoms with Crippen molar-refractivity contribution in [3.63, 3.8) is 0 Å². The zero-order chi connectivity index (χ0) is 8.97. The Balaban J connectivity index is 2.41. The fourth-order valence-electron chi connectivity index (χ4n) is 1.11. The van der Waals surface area contributed by atoms with Gasteiger partial charge in [0.2, 0.25) is 0 Å². The van der Waals surface area contributed by atoms with Crippen molar-refractivity contribution in [2.45, 2.75) is 32.8 Å². The number of hydrogen-bond donors (Lipinski definition) is 1. The van der Waals surface area contributed by atoms with Gasteiger partial charge >= 0.3 is 0 Å². The van der Waals surface area contributed by atoms with Crippen molar-refractivity contribution in [2.24, 2.45) is 5.92 Å². The molecule has 2 heteroatoms. The highest BCUT2D eigenvalue weighted by molar-refractivity contribution is 7.09. The van der Waals surface area contributed by atoms with E-state index in [0.717, 1.165) is 12.8 Å². The van der Waals surface area contributed by atoms with E-state index in [9.17, 15) is 5.11 Å². The topological polar surface area (TPSA) is 20.2 Å². The maximum absolute atomic E-state index is 9.70. The summed E-state index contributed by atoms with van der Waals surface area (Å²) in [5.74, 6) is 0.409. The third-order valence-electron chi connectivity index (χ3n) is 2.29. The van der Waals surface area contributed by atoms with Gasteiger partial charge < -0.3 is 5.11 Å². The van der Waals surface area contributed by atoms with Gasteiger partial charge in [0.15, 0.2) is 0 Å². The van der Waals surface area contributed by atoms with Crippen LogP contribution >= 0.6 is 11.3 Å². The van der Waals surface area contributed by atoms with Gasteiger partial charge in [-0.2, -0.15) is 0 Å². The highest BCUT2D eigenvalue weighted by atomic mass is 32.1. The molecule has 1 heterocycles. The van der Waals surface area contributed by atoms with E-state index < -0.39 is 0 Å². The van der Waals surface area contributed by atoms with Gasteiger partial charge in [-0.3, -0.25) is 0 Å². The van der Waals surface area contributed by atoms with E-state index in [1.807, 2.05) is 6.07 Å². The van der Waals surface area contributed by atoms with Gasteiger partial charge in [0, 0.05) is 11.3 Å². The molecule has 0 aromatic carbocycles. The third-order valence-corrected chi connectivity index (χ3v) is 3.19. The van der Waals surface area contributed by atoms with E-state index in [1.54, 1.807) is 11.3 Å². The van der Waals surface area contributed by atoms with Gasteiger partial charge in [-0.15, -0.1) is 11.3 Å². The van der Waals surface area contributed by atoms with Crippen molar-refractivity contribution < 1.29 is 5.11 Å². The van der Waals surface area contributed by atoms with Crippen LogP contribution in [0.4, 0.5) is 0 Å². The van der Waals surface area contributed by atoms with Gasteiger partial charge in [0.05, 0.1) is 6.10 Å². The normalized spacial score (nSPS) is 15.9. The lowest BCUT2D eigenvalue weighted by atomic mass is 9.99. The van der Waals surface area contributed by atoms with Crippen LogP contribution in [0.15, 0.2) is 17.5 Å². The molecular weight excluding hydrogens is 168 g/mol. The Bertz CT molecular complexity index is 206. The first-order valence-corrected chi connectivity index (χ1v) is 5.32. The van der Waals surface area contributed by atoms with Crippen LogP contribution in [0, 0.1) is 5.92 Å². The molecule has 12 heavy (non-hydrogen) atoms. The van der Waals surface area contributed by atoms with Gasteiger partial charge in [0.25, 0.3) is 0 Å². The van der Waals surface area contributed by atoms with Gasteiger partial charge in [0.1, 0.15) is 0 Å². The predicted octanol–water partition coefficient (Wildman–Crippen LogP) is 2.70. The van der Waals surface area contributed by atoms with Crippen LogP contribution in [0.2, 0.25) is 0 Å². The predicted molar refractivity (Wildman–Crippen MR) is 53.5 cm³/mol. The maximum atomic E-state index is 9.70. The Hall–Kier alpha value is -0.340. The highest BCUT2D eigenvalue weighted by Crippen LogP contribution is 2.16. The standard InChI is InChI=1S/C10H16OS/c1-3-8(2)10(11)7-9-5-4-6-12-9/h4-6,8,10-11H,3,7H2,1-2H3. The number of thiophene rings is 1. The first-order chi connectivity index (χ1) is 5.74. The van der Waals surface area contributed by atoms with Crippen molar-refractivity contribution in [3.8, 4) is 0 Å². The summed E-state index contributed by atoms with van der Waals surface area (Å²) in [4.78, 5) is 1.28. The Morgan fingerprint density at radius 3 is 2.83 bits per heavy atom. The molecule has 0 radical (unpaired) electrons. The Morgan fingerprint density at radius 2 is 2.33 bits per heavy atom. The molecule has 2 unspecified atom stereocenters. The van der Waals surface area contributed by atoms with Gasteiger partial charge in [-0.05, 0) is 17.4 Å². The van der Waals surface area contributed by atoms with E-state index in [1.165, 1.54) is 4.88 Å². The summed E-state index contributed by atoms with van der Waals surface area (Å²) in [6, 6.07) is 4.11. The molecule has 0 spiro atoms. The van der Waals surface area contributed by atoms with Crippen LogP contribution in [0.25, 0.3) is 0 Å². The Labute approximate surface area is 78.1 Å². The Kier molecular flexibility index (Phi) is 3.76. The average Bonchev–Trinajstić information content (AvgIpc) is 2.55. The molecule has 2 atom stereocenters. The maximum Gasteiger partial charge on any atom is 0.0613 e. The van der Waals surface area contributed by atoms with Crippen molar-refractivity contribution in [1.29, 1.82) is 0 Å². The summed E-state index contributed by atoms with van der Waals surface area (Å²) in [5.41, 5.74) is 0. The fraction of sp³-hybridized carbons (Fsp3) is 0.600. The summed E-state index contributed by atoms with van der Waals surface area (Å²) in [7, 11) is 0. The van der Waals surface area contributed by atoms with E-state index in [0.29, 0.717) is 5.92 Å². The first-order valence-electron chi connectivity index (χ1n) is 4.44. The quantitative estimate of drug-likeness (QED) is 0.762. The lowest BCUT2D eigenvalue weighted by Crippen LogP contribution is -2.18. The molecule has 1 aromatic heterocycles. The second-order valence-corrected chi connectivity index (χ2v) is 4.27. The molecule has 0 saturated heterocycles. The number of aliphatic hydroxyl groups is 1. The van der Waals surface area contributed by atoms with Crippen LogP contribution in [-0.4, -0.2) is 11.2 Å². The molecule has 1 rings (SSSR count). The average molecular weight is 184 g/mol. The second-order valence-electron chi connectivity index (χ2n) is 3.24. The molecule has 0 aliphatic rings. The monoisotopic (exact) mass is 184 g/mol. The minimum absolute atomic E-state index is 0.173. The smallest absolute Gasteiger partial charge is 0.0613 e. The minimum Gasteiger partial charge on any atom is -0.392 e. The first kappa shape index (κ1) is 9.75. The van der Waals surface area contributed by atoms with Crippen molar-refractivity contribution in [3.05, 3.63) is 22.4 Å². The molecular formula is C10H16OS. The van der Waals surface area contributed by atoms with E-state index in [2.05, 4.69) is 25.3 Å². The van der Waals surface area contributed by atoms with E-state index >= 15 is 0 Å². The van der Waals surface area contributed by atoms with E-state index in [4.69, 9.17) is 0 Å². The molecule has 0 amide bonds. The molecule has 1 N–H and O–H groups in total. The summed E-state index contributed by atoms with van der Waals surface area (Å²) >= 11 is 1.72. The summed E-state index contributed by atoms with van der Waals surface area (Å²) < 4.78 is 0. The van der Waals surface area contributed by atoms with Crippen LogP contribution < -0.4 is 0 Å². The molecule has 0 bridgehead atoms. The van der Waals surface area contributed by atoms with Gasteiger partial charge in [-0.25, -0.2) is 0 Å². The minimum atomic E-state index is -0.173. The molecule has 0 aliphatic heterocycles. The number of aliphatic hydroxyl groups excluding tert-OH is 1. The molecule has 0 fully saturated rings. The molecule has 1 nitrogen and oxygen atoms in total. The van der Waals surface area contributed by atoms with Crippen LogP contribution in [0.3, 0.4) is 0 Å². The summed E-state index contributed by atoms with van der Waals surface area (Å²) in [6.45, 7) is 4.21.